The molecule has 3 rings (SSSR count). The van der Waals surface area contributed by atoms with Crippen LogP contribution in [0.1, 0.15) is 10.4 Å². The number of fused-ring (bicyclic) bond motifs is 2. The molecule has 2 aromatic carbocycles. The van der Waals surface area contributed by atoms with Gasteiger partial charge in [-0.2, -0.15) is 0 Å². The topological polar surface area (TPSA) is 36.4 Å². The van der Waals surface area contributed by atoms with E-state index in [0.29, 0.717) is 5.56 Å². The zero-order valence-corrected chi connectivity index (χ0v) is 13.3. The molecule has 0 aliphatic carbocycles. The lowest BCUT2D eigenvalue weighted by molar-refractivity contribution is 0.112. The van der Waals surface area contributed by atoms with Crippen molar-refractivity contribution in [3.8, 4) is 0 Å². The highest BCUT2D eigenvalue weighted by atomic mass is 16.1. The Morgan fingerprint density at radius 3 is 2.27 bits per heavy atom. The molecule has 1 heterocycles. The van der Waals surface area contributed by atoms with Crippen molar-refractivity contribution in [3.63, 3.8) is 0 Å². The standard InChI is InChI=1S/C18H19N3O/c1-20(2)14-7-5-12-9-13-6-8-17(21(3)4)15(11-22)18(13)19-16(12)10-14/h5-11H,1-4H3. The molecule has 0 radical (unpaired) electrons. The second-order valence-corrected chi connectivity index (χ2v) is 5.84. The van der Waals surface area contributed by atoms with Crippen LogP contribution in [0, 0.1) is 0 Å². The Morgan fingerprint density at radius 2 is 1.64 bits per heavy atom. The fourth-order valence-electron chi connectivity index (χ4n) is 2.68. The van der Waals surface area contributed by atoms with Crippen LogP contribution in [0.3, 0.4) is 0 Å². The lowest BCUT2D eigenvalue weighted by Crippen LogP contribution is -2.11. The van der Waals surface area contributed by atoms with Gasteiger partial charge in [0.15, 0.2) is 6.29 Å². The monoisotopic (exact) mass is 293 g/mol. The number of hydrogen-bond donors (Lipinski definition) is 0. The molecule has 3 aromatic rings. The summed E-state index contributed by atoms with van der Waals surface area (Å²) < 4.78 is 0. The highest BCUT2D eigenvalue weighted by Gasteiger charge is 2.11. The molecule has 0 aliphatic rings. The molecule has 4 nitrogen and oxygen atoms in total. The molecule has 0 atom stereocenters. The Bertz CT molecular complexity index is 869. The number of carbonyl (C=O) groups is 1. The molecule has 0 bridgehead atoms. The van der Waals surface area contributed by atoms with E-state index in [2.05, 4.69) is 18.2 Å². The summed E-state index contributed by atoms with van der Waals surface area (Å²) in [4.78, 5) is 20.3. The number of pyridine rings is 1. The van der Waals surface area contributed by atoms with E-state index in [4.69, 9.17) is 4.98 Å². The van der Waals surface area contributed by atoms with Crippen molar-refractivity contribution >= 4 is 39.5 Å². The molecule has 22 heavy (non-hydrogen) atoms. The molecule has 0 amide bonds. The van der Waals surface area contributed by atoms with Crippen LogP contribution in [-0.2, 0) is 0 Å². The van der Waals surface area contributed by atoms with Gasteiger partial charge < -0.3 is 9.80 Å². The molecule has 0 saturated heterocycles. The van der Waals surface area contributed by atoms with Gasteiger partial charge in [0.05, 0.1) is 16.6 Å². The number of nitrogens with zero attached hydrogens (tertiary/aromatic N) is 3. The highest BCUT2D eigenvalue weighted by Crippen LogP contribution is 2.29. The SMILES string of the molecule is CN(C)c1ccc2cc3ccc(N(C)C)c(C=O)c3nc2c1. The van der Waals surface area contributed by atoms with Crippen molar-refractivity contribution < 1.29 is 4.79 Å². The van der Waals surface area contributed by atoms with E-state index in [0.717, 1.165) is 39.5 Å². The first kappa shape index (κ1) is 14.3. The van der Waals surface area contributed by atoms with E-state index >= 15 is 0 Å². The first-order valence-electron chi connectivity index (χ1n) is 7.18. The van der Waals surface area contributed by atoms with Gasteiger partial charge in [0.2, 0.25) is 0 Å². The van der Waals surface area contributed by atoms with Crippen molar-refractivity contribution in [2.24, 2.45) is 0 Å². The number of aromatic nitrogens is 1. The minimum atomic E-state index is 0.639. The summed E-state index contributed by atoms with van der Waals surface area (Å²) >= 11 is 0. The second kappa shape index (κ2) is 5.30. The lowest BCUT2D eigenvalue weighted by atomic mass is 10.0. The predicted octanol–water partition coefficient (Wildman–Crippen LogP) is 3.33. The molecule has 0 N–H and O–H groups in total. The summed E-state index contributed by atoms with van der Waals surface area (Å²) in [7, 11) is 7.87. The van der Waals surface area contributed by atoms with Crippen molar-refractivity contribution in [3.05, 3.63) is 42.0 Å². The van der Waals surface area contributed by atoms with E-state index in [9.17, 15) is 4.79 Å². The number of rotatable bonds is 3. The molecule has 1 aromatic heterocycles. The second-order valence-electron chi connectivity index (χ2n) is 5.84. The van der Waals surface area contributed by atoms with Gasteiger partial charge in [-0.1, -0.05) is 12.1 Å². The summed E-state index contributed by atoms with van der Waals surface area (Å²) in [6, 6.07) is 12.3. The first-order valence-corrected chi connectivity index (χ1v) is 7.18. The minimum Gasteiger partial charge on any atom is -0.378 e. The van der Waals surface area contributed by atoms with Gasteiger partial charge in [0, 0.05) is 50.3 Å². The zero-order chi connectivity index (χ0) is 15.9. The van der Waals surface area contributed by atoms with Crippen molar-refractivity contribution in [1.29, 1.82) is 0 Å². The molecule has 0 saturated carbocycles. The smallest absolute Gasteiger partial charge is 0.154 e. The molecular weight excluding hydrogens is 274 g/mol. The third-order valence-corrected chi connectivity index (χ3v) is 3.90. The molecule has 0 unspecified atom stereocenters. The maximum Gasteiger partial charge on any atom is 0.154 e. The van der Waals surface area contributed by atoms with Crippen molar-refractivity contribution in [1.82, 2.24) is 4.98 Å². The summed E-state index contributed by atoms with van der Waals surface area (Å²) in [6.07, 6.45) is 0.895. The van der Waals surface area contributed by atoms with E-state index < -0.39 is 0 Å². The van der Waals surface area contributed by atoms with Crippen LogP contribution >= 0.6 is 0 Å². The normalized spacial score (nSPS) is 10.9. The maximum absolute atomic E-state index is 11.6. The molecular formula is C18H19N3O. The molecule has 0 fully saturated rings. The molecule has 0 aliphatic heterocycles. The van der Waals surface area contributed by atoms with Crippen LogP contribution in [0.4, 0.5) is 11.4 Å². The van der Waals surface area contributed by atoms with Crippen molar-refractivity contribution in [2.75, 3.05) is 38.0 Å². The van der Waals surface area contributed by atoms with Gasteiger partial charge in [-0.3, -0.25) is 4.79 Å². The Balaban J connectivity index is 2.35. The summed E-state index contributed by atoms with van der Waals surface area (Å²) in [5, 5.41) is 2.06. The van der Waals surface area contributed by atoms with Crippen LogP contribution in [0.25, 0.3) is 21.8 Å². The van der Waals surface area contributed by atoms with E-state index in [1.807, 2.05) is 56.2 Å². The van der Waals surface area contributed by atoms with Crippen LogP contribution < -0.4 is 9.80 Å². The number of benzene rings is 2. The molecule has 0 spiro atoms. The molecule has 112 valence electrons. The maximum atomic E-state index is 11.6. The first-order chi connectivity index (χ1) is 10.5. The number of anilines is 2. The zero-order valence-electron chi connectivity index (χ0n) is 13.3. The van der Waals surface area contributed by atoms with Crippen LogP contribution in [-0.4, -0.2) is 39.5 Å². The Kier molecular flexibility index (Phi) is 3.45. The number of carbonyl (C=O) groups excluding carboxylic acids is 1. The summed E-state index contributed by atoms with van der Waals surface area (Å²) in [5.41, 5.74) is 4.27. The highest BCUT2D eigenvalue weighted by molar-refractivity contribution is 6.05. The molecule has 4 heteroatoms. The Hall–Kier alpha value is -2.62. The fraction of sp³-hybridized carbons (Fsp3) is 0.222. The Morgan fingerprint density at radius 1 is 0.909 bits per heavy atom. The van der Waals surface area contributed by atoms with Crippen LogP contribution in [0.15, 0.2) is 36.4 Å². The van der Waals surface area contributed by atoms with E-state index in [-0.39, 0.29) is 0 Å². The quantitative estimate of drug-likeness (QED) is 0.548. The van der Waals surface area contributed by atoms with E-state index in [1.165, 1.54) is 0 Å². The number of hydrogen-bond acceptors (Lipinski definition) is 4. The van der Waals surface area contributed by atoms with Gasteiger partial charge in [-0.25, -0.2) is 4.98 Å². The van der Waals surface area contributed by atoms with E-state index in [1.54, 1.807) is 0 Å². The van der Waals surface area contributed by atoms with Gasteiger partial charge >= 0.3 is 0 Å². The van der Waals surface area contributed by atoms with Crippen LogP contribution in [0.2, 0.25) is 0 Å². The average Bonchev–Trinajstić information content (AvgIpc) is 2.50. The third-order valence-electron chi connectivity index (χ3n) is 3.90. The average molecular weight is 293 g/mol. The fourth-order valence-corrected chi connectivity index (χ4v) is 2.68. The van der Waals surface area contributed by atoms with Gasteiger partial charge in [0.1, 0.15) is 0 Å². The van der Waals surface area contributed by atoms with Crippen LogP contribution in [0.5, 0.6) is 0 Å². The largest absolute Gasteiger partial charge is 0.378 e. The van der Waals surface area contributed by atoms with Crippen molar-refractivity contribution in [2.45, 2.75) is 0 Å². The third kappa shape index (κ3) is 2.26. The lowest BCUT2D eigenvalue weighted by Gasteiger charge is -2.17. The Labute approximate surface area is 130 Å². The van der Waals surface area contributed by atoms with Gasteiger partial charge in [0.25, 0.3) is 0 Å². The van der Waals surface area contributed by atoms with Gasteiger partial charge in [-0.05, 0) is 24.3 Å². The number of aldehydes is 1. The summed E-state index contributed by atoms with van der Waals surface area (Å²) in [5.74, 6) is 0. The minimum absolute atomic E-state index is 0.639. The predicted molar refractivity (Wildman–Crippen MR) is 93.3 cm³/mol. The van der Waals surface area contributed by atoms with Gasteiger partial charge in [-0.15, -0.1) is 0 Å². The summed E-state index contributed by atoms with van der Waals surface area (Å²) in [6.45, 7) is 0.